The van der Waals surface area contributed by atoms with Crippen molar-refractivity contribution in [2.24, 2.45) is 5.73 Å². The van der Waals surface area contributed by atoms with Crippen molar-refractivity contribution >= 4 is 43.5 Å². The first kappa shape index (κ1) is 14.4. The number of rotatable bonds is 1. The van der Waals surface area contributed by atoms with Gasteiger partial charge in [-0.3, -0.25) is 0 Å². The van der Waals surface area contributed by atoms with Crippen LogP contribution in [0.1, 0.15) is 29.7 Å². The molecule has 0 aromatic heterocycles. The summed E-state index contributed by atoms with van der Waals surface area (Å²) in [4.78, 5) is 0. The molecule has 1 aliphatic heterocycles. The molecule has 2 aromatic carbocycles. The average Bonchev–Trinajstić information content (AvgIpc) is 2.41. The van der Waals surface area contributed by atoms with Crippen molar-refractivity contribution in [1.29, 1.82) is 0 Å². The quantitative estimate of drug-likeness (QED) is 0.675. The highest BCUT2D eigenvalue weighted by atomic mass is 79.9. The molecule has 5 heteroatoms. The van der Waals surface area contributed by atoms with E-state index in [1.807, 2.05) is 36.4 Å². The molecule has 2 aromatic rings. The third-order valence-corrected chi connectivity index (χ3v) is 4.87. The van der Waals surface area contributed by atoms with Gasteiger partial charge in [0.2, 0.25) is 0 Å². The van der Waals surface area contributed by atoms with Gasteiger partial charge in [0, 0.05) is 37.6 Å². The first-order valence-corrected chi connectivity index (χ1v) is 8.17. The fourth-order valence-corrected chi connectivity index (χ4v) is 3.45. The Bertz CT molecular complexity index is 662. The third kappa shape index (κ3) is 2.75. The highest BCUT2D eigenvalue weighted by Gasteiger charge is 2.28. The Kier molecular flexibility index (Phi) is 4.09. The molecule has 3 rings (SSSR count). The lowest BCUT2D eigenvalue weighted by Crippen LogP contribution is -2.24. The van der Waals surface area contributed by atoms with Gasteiger partial charge in [-0.2, -0.15) is 0 Å². The summed E-state index contributed by atoms with van der Waals surface area (Å²) >= 11 is 13.1. The Morgan fingerprint density at radius 3 is 2.70 bits per heavy atom. The van der Waals surface area contributed by atoms with Crippen molar-refractivity contribution < 1.29 is 4.74 Å². The number of nitrogens with two attached hydrogens (primary N) is 1. The molecule has 2 nitrogen and oxygen atoms in total. The number of benzene rings is 2. The minimum absolute atomic E-state index is 0.0391. The zero-order chi connectivity index (χ0) is 14.3. The largest absolute Gasteiger partial charge is 0.485 e. The molecule has 0 saturated carbocycles. The number of hydrogen-bond donors (Lipinski definition) is 1. The van der Waals surface area contributed by atoms with Gasteiger partial charge in [-0.25, -0.2) is 0 Å². The number of ether oxygens (including phenoxy) is 1. The van der Waals surface area contributed by atoms with Crippen LogP contribution in [0.25, 0.3) is 0 Å². The highest BCUT2D eigenvalue weighted by molar-refractivity contribution is 9.10. The Labute approximate surface area is 139 Å². The summed E-state index contributed by atoms with van der Waals surface area (Å²) in [5, 5.41) is 0.695. The number of hydrogen-bond acceptors (Lipinski definition) is 2. The van der Waals surface area contributed by atoms with Crippen molar-refractivity contribution in [1.82, 2.24) is 0 Å². The molecule has 1 aliphatic rings. The summed E-state index contributed by atoms with van der Waals surface area (Å²) in [5.41, 5.74) is 8.34. The number of halogens is 3. The van der Waals surface area contributed by atoms with Crippen LogP contribution in [-0.2, 0) is 0 Å². The molecule has 1 unspecified atom stereocenters. The second-order valence-electron chi connectivity index (χ2n) is 4.80. The van der Waals surface area contributed by atoms with Gasteiger partial charge in [0.1, 0.15) is 11.9 Å². The fraction of sp³-hybridized carbons (Fsp3) is 0.200. The zero-order valence-corrected chi connectivity index (χ0v) is 14.4. The van der Waals surface area contributed by atoms with E-state index in [4.69, 9.17) is 22.1 Å². The molecular formula is C15H12Br2ClNO. The van der Waals surface area contributed by atoms with Gasteiger partial charge in [0.25, 0.3) is 0 Å². The first-order chi connectivity index (χ1) is 9.54. The van der Waals surface area contributed by atoms with Crippen molar-refractivity contribution in [2.75, 3.05) is 0 Å². The zero-order valence-electron chi connectivity index (χ0n) is 10.4. The third-order valence-electron chi connectivity index (χ3n) is 3.42. The maximum absolute atomic E-state index is 6.27. The normalized spacial score (nSPS) is 21.2. The van der Waals surface area contributed by atoms with E-state index < -0.39 is 0 Å². The second kappa shape index (κ2) is 5.68. The minimum Gasteiger partial charge on any atom is -0.485 e. The van der Waals surface area contributed by atoms with Crippen LogP contribution in [0, 0.1) is 0 Å². The van der Waals surface area contributed by atoms with E-state index in [9.17, 15) is 0 Å². The van der Waals surface area contributed by atoms with Gasteiger partial charge >= 0.3 is 0 Å². The van der Waals surface area contributed by atoms with Crippen LogP contribution >= 0.6 is 43.5 Å². The molecule has 0 fully saturated rings. The molecule has 0 aliphatic carbocycles. The molecule has 2 N–H and O–H groups in total. The number of fused-ring (bicyclic) bond motifs is 1. The Balaban J connectivity index is 2.00. The standard InChI is InChI=1S/C15H12Br2ClNO/c16-8-1-3-10-13(19)7-15(20-14(10)5-8)11-6-9(18)2-4-12(11)17/h1-6,13,15H,7,19H2/t13-,15?/m0/s1. The van der Waals surface area contributed by atoms with Gasteiger partial charge in [-0.15, -0.1) is 0 Å². The molecule has 1 heterocycles. The molecule has 0 amide bonds. The van der Waals surface area contributed by atoms with Crippen LogP contribution in [0.15, 0.2) is 45.3 Å². The van der Waals surface area contributed by atoms with E-state index in [2.05, 4.69) is 31.9 Å². The van der Waals surface area contributed by atoms with Gasteiger partial charge in [-0.05, 0) is 30.3 Å². The lowest BCUT2D eigenvalue weighted by molar-refractivity contribution is 0.161. The van der Waals surface area contributed by atoms with Crippen molar-refractivity contribution in [3.05, 3.63) is 61.5 Å². The summed E-state index contributed by atoms with van der Waals surface area (Å²) in [7, 11) is 0. The minimum atomic E-state index is -0.0973. The van der Waals surface area contributed by atoms with E-state index in [-0.39, 0.29) is 12.1 Å². The average molecular weight is 418 g/mol. The Morgan fingerprint density at radius 1 is 1.10 bits per heavy atom. The summed E-state index contributed by atoms with van der Waals surface area (Å²) in [6, 6.07) is 11.6. The van der Waals surface area contributed by atoms with Crippen LogP contribution in [0.5, 0.6) is 5.75 Å². The van der Waals surface area contributed by atoms with E-state index in [1.54, 1.807) is 0 Å². The van der Waals surface area contributed by atoms with E-state index in [1.165, 1.54) is 0 Å². The van der Waals surface area contributed by atoms with Gasteiger partial charge in [-0.1, -0.05) is 49.5 Å². The Morgan fingerprint density at radius 2 is 1.90 bits per heavy atom. The molecule has 0 bridgehead atoms. The molecule has 0 saturated heterocycles. The lowest BCUT2D eigenvalue weighted by atomic mass is 9.94. The van der Waals surface area contributed by atoms with Gasteiger partial charge in [0.15, 0.2) is 0 Å². The van der Waals surface area contributed by atoms with Crippen LogP contribution in [0.2, 0.25) is 5.02 Å². The van der Waals surface area contributed by atoms with Crippen LogP contribution in [0.4, 0.5) is 0 Å². The van der Waals surface area contributed by atoms with E-state index in [0.717, 1.165) is 32.2 Å². The Hall–Kier alpha value is -0.550. The van der Waals surface area contributed by atoms with Gasteiger partial charge in [0.05, 0.1) is 0 Å². The van der Waals surface area contributed by atoms with Crippen LogP contribution in [-0.4, -0.2) is 0 Å². The summed E-state index contributed by atoms with van der Waals surface area (Å²) in [6.45, 7) is 0. The molecule has 0 spiro atoms. The maximum atomic E-state index is 6.27. The molecule has 2 atom stereocenters. The maximum Gasteiger partial charge on any atom is 0.127 e. The summed E-state index contributed by atoms with van der Waals surface area (Å²) in [5.74, 6) is 0.829. The fourth-order valence-electron chi connectivity index (χ4n) is 2.43. The van der Waals surface area contributed by atoms with Crippen LogP contribution < -0.4 is 10.5 Å². The second-order valence-corrected chi connectivity index (χ2v) is 7.00. The predicted molar refractivity (Wildman–Crippen MR) is 88.2 cm³/mol. The summed E-state index contributed by atoms with van der Waals surface area (Å²) < 4.78 is 8.07. The monoisotopic (exact) mass is 415 g/mol. The lowest BCUT2D eigenvalue weighted by Gasteiger charge is -2.31. The molecule has 0 radical (unpaired) electrons. The molecule has 104 valence electrons. The first-order valence-electron chi connectivity index (χ1n) is 6.21. The van der Waals surface area contributed by atoms with Crippen molar-refractivity contribution in [3.8, 4) is 5.75 Å². The molecular weight excluding hydrogens is 405 g/mol. The smallest absolute Gasteiger partial charge is 0.127 e. The highest BCUT2D eigenvalue weighted by Crippen LogP contribution is 2.42. The van der Waals surface area contributed by atoms with Crippen LogP contribution in [0.3, 0.4) is 0 Å². The van der Waals surface area contributed by atoms with E-state index in [0.29, 0.717) is 5.02 Å². The summed E-state index contributed by atoms with van der Waals surface area (Å²) in [6.07, 6.45) is 0.632. The van der Waals surface area contributed by atoms with Crippen molar-refractivity contribution in [3.63, 3.8) is 0 Å². The topological polar surface area (TPSA) is 35.2 Å². The predicted octanol–water partition coefficient (Wildman–Crippen LogP) is 5.39. The van der Waals surface area contributed by atoms with Crippen molar-refractivity contribution in [2.45, 2.75) is 18.6 Å². The SMILES string of the molecule is N[C@H]1CC(c2cc(Cl)ccc2Br)Oc2cc(Br)ccc21. The molecule has 20 heavy (non-hydrogen) atoms. The van der Waals surface area contributed by atoms with Gasteiger partial charge < -0.3 is 10.5 Å². The van der Waals surface area contributed by atoms with E-state index >= 15 is 0 Å².